The van der Waals surface area contributed by atoms with Gasteiger partial charge in [-0.15, -0.1) is 0 Å². The van der Waals surface area contributed by atoms with E-state index in [0.717, 1.165) is 122 Å². The molecule has 2 atom stereocenters. The van der Waals surface area contributed by atoms with Gasteiger partial charge in [-0.25, -0.2) is 0 Å². The van der Waals surface area contributed by atoms with Crippen molar-refractivity contribution in [1.29, 1.82) is 0 Å². The number of hydrogen-bond donors (Lipinski definition) is 0. The Hall–Kier alpha value is -4.83. The highest BCUT2D eigenvalue weighted by molar-refractivity contribution is 5.70. The Morgan fingerprint density at radius 3 is 0.810 bits per heavy atom. The fraction of sp³-hybridized carbons (Fsp3) is 0.719. The van der Waals surface area contributed by atoms with E-state index in [4.69, 9.17) is 18.9 Å². The summed E-state index contributed by atoms with van der Waals surface area (Å²) in [5.41, 5.74) is 0. The molecule has 0 aliphatic heterocycles. The van der Waals surface area contributed by atoms with Gasteiger partial charge in [0.1, 0.15) is 13.2 Å². The maximum absolute atomic E-state index is 13.0. The van der Waals surface area contributed by atoms with Crippen LogP contribution in [0.5, 0.6) is 0 Å². The Labute approximate surface area is 649 Å². The highest BCUT2D eigenvalue weighted by Crippen LogP contribution is 2.19. The number of rotatable bonds is 81. The van der Waals surface area contributed by atoms with Gasteiger partial charge in [-0.3, -0.25) is 9.59 Å². The van der Waals surface area contributed by atoms with Crippen LogP contribution in [0.4, 0.5) is 0 Å². The molecule has 0 saturated heterocycles. The summed E-state index contributed by atoms with van der Waals surface area (Å²) >= 11 is 0. The van der Waals surface area contributed by atoms with E-state index in [0.29, 0.717) is 17.4 Å². The SMILES string of the molecule is CC/C=C\C/C=C\C/C=C\C/C=C\C/C=C\C/C=C\C/C=C\C/C=C\C/C=C\C/C=C\C/C=C\C/C=C\CCCCCCC(=O)OC(COC(=O)CCCCCCCCCCCCCCCCCCCCCCCCCCCCCCCCCCCCCCCCC)COC(OCC[N+](C)(C)C)C(=O)[O-]. The Bertz CT molecular complexity index is 2250. The molecule has 9 heteroatoms. The van der Waals surface area contributed by atoms with Gasteiger partial charge in [-0.05, 0) is 103 Å². The second-order valence-corrected chi connectivity index (χ2v) is 30.5. The highest BCUT2D eigenvalue weighted by atomic mass is 16.7. The van der Waals surface area contributed by atoms with Crippen molar-refractivity contribution < 1.29 is 42.9 Å². The predicted molar refractivity (Wildman–Crippen MR) is 453 cm³/mol. The number of esters is 2. The summed E-state index contributed by atoms with van der Waals surface area (Å²) in [6.07, 6.45) is 122. The lowest BCUT2D eigenvalue weighted by Gasteiger charge is -2.26. The molecule has 0 aromatic rings. The van der Waals surface area contributed by atoms with Crippen LogP contribution in [0, 0.1) is 0 Å². The largest absolute Gasteiger partial charge is 0.545 e. The minimum Gasteiger partial charge on any atom is -0.545 e. The second-order valence-electron chi connectivity index (χ2n) is 30.5. The molecule has 9 nitrogen and oxygen atoms in total. The maximum atomic E-state index is 13.0. The summed E-state index contributed by atoms with van der Waals surface area (Å²) in [4.78, 5) is 37.7. The molecule has 0 amide bonds. The van der Waals surface area contributed by atoms with Crippen molar-refractivity contribution in [3.05, 3.63) is 146 Å². The average Bonchev–Trinajstić information content (AvgIpc) is 1.18. The summed E-state index contributed by atoms with van der Waals surface area (Å²) in [6.45, 7) is 4.64. The number of nitrogens with zero attached hydrogens (tertiary/aromatic N) is 1. The number of carboxylic acids is 1. The summed E-state index contributed by atoms with van der Waals surface area (Å²) in [7, 11) is 5.93. The van der Waals surface area contributed by atoms with Crippen molar-refractivity contribution in [3.8, 4) is 0 Å². The van der Waals surface area contributed by atoms with Gasteiger partial charge in [0, 0.05) is 12.8 Å². The van der Waals surface area contributed by atoms with Crippen LogP contribution in [-0.4, -0.2) is 82.3 Å². The van der Waals surface area contributed by atoms with Crippen LogP contribution in [0.1, 0.15) is 386 Å². The number of allylic oxidation sites excluding steroid dienone is 24. The Balaban J connectivity index is 4.06. The number of quaternary nitrogens is 1. The molecule has 0 radical (unpaired) electrons. The van der Waals surface area contributed by atoms with Crippen LogP contribution in [0.25, 0.3) is 0 Å². The number of carbonyl (C=O) groups excluding carboxylic acids is 3. The molecule has 0 N–H and O–H groups in total. The number of unbranched alkanes of at least 4 members (excludes halogenated alkanes) is 42. The molecule has 2 unspecified atom stereocenters. The first kappa shape index (κ1) is 100. The third-order valence-electron chi connectivity index (χ3n) is 19.1. The van der Waals surface area contributed by atoms with E-state index >= 15 is 0 Å². The molecule has 0 aliphatic carbocycles. The van der Waals surface area contributed by atoms with E-state index < -0.39 is 24.3 Å². The van der Waals surface area contributed by atoms with Crippen LogP contribution in [0.2, 0.25) is 0 Å². The molecule has 0 rings (SSSR count). The van der Waals surface area contributed by atoms with Gasteiger partial charge < -0.3 is 33.3 Å². The van der Waals surface area contributed by atoms with Crippen LogP contribution >= 0.6 is 0 Å². The molecule has 602 valence electrons. The zero-order valence-electron chi connectivity index (χ0n) is 69.1. The van der Waals surface area contributed by atoms with E-state index in [9.17, 15) is 19.5 Å². The number of hydrogen-bond acceptors (Lipinski definition) is 8. The maximum Gasteiger partial charge on any atom is 0.306 e. The smallest absolute Gasteiger partial charge is 0.306 e. The van der Waals surface area contributed by atoms with Crippen LogP contribution in [0.3, 0.4) is 0 Å². The molecule has 0 aromatic heterocycles. The van der Waals surface area contributed by atoms with Crippen molar-refractivity contribution in [1.82, 2.24) is 0 Å². The first-order chi connectivity index (χ1) is 51.6. The summed E-state index contributed by atoms with van der Waals surface area (Å²) < 4.78 is 22.8. The molecule has 0 saturated carbocycles. The third-order valence-corrected chi connectivity index (χ3v) is 19.1. The minimum atomic E-state index is -1.64. The predicted octanol–water partition coefficient (Wildman–Crippen LogP) is 27.6. The molecular weight excluding hydrogens is 1300 g/mol. The van der Waals surface area contributed by atoms with Crippen molar-refractivity contribution in [2.45, 2.75) is 399 Å². The monoisotopic (exact) mass is 1460 g/mol. The minimum absolute atomic E-state index is 0.137. The summed E-state index contributed by atoms with van der Waals surface area (Å²) in [5.74, 6) is -2.31. The fourth-order valence-corrected chi connectivity index (χ4v) is 12.5. The number of carbonyl (C=O) groups is 3. The molecule has 0 aromatic carbocycles. The van der Waals surface area contributed by atoms with E-state index in [2.05, 4.69) is 160 Å². The van der Waals surface area contributed by atoms with Crippen molar-refractivity contribution in [2.24, 2.45) is 0 Å². The van der Waals surface area contributed by atoms with Crippen LogP contribution in [0.15, 0.2) is 146 Å². The van der Waals surface area contributed by atoms with Crippen LogP contribution < -0.4 is 5.11 Å². The first-order valence-corrected chi connectivity index (χ1v) is 44.0. The molecule has 0 heterocycles. The zero-order valence-corrected chi connectivity index (χ0v) is 69.1. The van der Waals surface area contributed by atoms with Gasteiger partial charge in [0.15, 0.2) is 12.4 Å². The summed E-state index contributed by atoms with van der Waals surface area (Å²) in [6, 6.07) is 0. The van der Waals surface area contributed by atoms with Crippen molar-refractivity contribution >= 4 is 17.9 Å². The number of aliphatic carboxylic acids is 1. The van der Waals surface area contributed by atoms with Gasteiger partial charge >= 0.3 is 11.9 Å². The molecule has 0 aliphatic rings. The quantitative estimate of drug-likeness (QED) is 0.0195. The van der Waals surface area contributed by atoms with Crippen molar-refractivity contribution in [3.63, 3.8) is 0 Å². The van der Waals surface area contributed by atoms with Gasteiger partial charge in [0.05, 0.1) is 40.3 Å². The number of carboxylic acid groups (broad SMARTS) is 1. The molecule has 0 bridgehead atoms. The van der Waals surface area contributed by atoms with Gasteiger partial charge in [-0.1, -0.05) is 417 Å². The lowest BCUT2D eigenvalue weighted by molar-refractivity contribution is -0.870. The van der Waals surface area contributed by atoms with Gasteiger partial charge in [0.25, 0.3) is 0 Å². The zero-order chi connectivity index (χ0) is 76.0. The average molecular weight is 1460 g/mol. The third kappa shape index (κ3) is 86.3. The first-order valence-electron chi connectivity index (χ1n) is 44.0. The molecular formula is C96H165NO8. The standard InChI is InChI=1S/C96H165NO8/c1-6-8-10-12-14-16-18-20-22-24-26-28-30-32-34-36-38-40-42-44-46-47-49-51-53-55-57-59-61-63-65-67-69-71-73-75-77-79-81-83-85-87-94(99)105-92(91-104-96(95(100)101)102-89-88-97(3,4)5)90-103-93(98)86-84-82-80-78-76-74-72-70-68-66-64-62-60-58-56-54-52-50-48-45-43-41-39-37-35-33-31-29-27-25-23-21-19-17-15-13-11-9-7-2/h8,10,14,16,20,22,26,28,32,34,38,40,44,46,49,51,55,57,61,63,67,69,73,75,92,96H,6-7,9,11-13,15,17-19,21,23-25,27,29-31,33,35-37,39,41-43,45,47-48,50,52-54,56,58-60,62,64-66,68,70-72,74,76-91H2,1-5H3/b10-8-,16-14-,22-20-,28-26-,34-32-,40-38-,46-44-,51-49-,57-55-,63-61-,69-67-,75-73-. The topological polar surface area (TPSA) is 111 Å². The van der Waals surface area contributed by atoms with Crippen molar-refractivity contribution in [2.75, 3.05) is 47.5 Å². The molecule has 0 spiro atoms. The van der Waals surface area contributed by atoms with Gasteiger partial charge in [-0.2, -0.15) is 0 Å². The molecule has 105 heavy (non-hydrogen) atoms. The van der Waals surface area contributed by atoms with E-state index in [1.54, 1.807) is 0 Å². The summed E-state index contributed by atoms with van der Waals surface area (Å²) in [5, 5.41) is 11.9. The lowest BCUT2D eigenvalue weighted by Crippen LogP contribution is -2.44. The highest BCUT2D eigenvalue weighted by Gasteiger charge is 2.22. The molecule has 0 fully saturated rings. The normalized spacial score (nSPS) is 13.3. The van der Waals surface area contributed by atoms with Gasteiger partial charge in [0.2, 0.25) is 0 Å². The lowest BCUT2D eigenvalue weighted by atomic mass is 10.0. The second kappa shape index (κ2) is 84.8. The number of ether oxygens (including phenoxy) is 4. The van der Waals surface area contributed by atoms with E-state index in [-0.39, 0.29) is 38.6 Å². The van der Waals surface area contributed by atoms with E-state index in [1.807, 2.05) is 21.1 Å². The number of likely N-dealkylation sites (N-methyl/N-ethyl adjacent to an activating group) is 1. The fourth-order valence-electron chi connectivity index (χ4n) is 12.5. The Kier molecular flexibility index (Phi) is 80.9. The van der Waals surface area contributed by atoms with Crippen LogP contribution in [-0.2, 0) is 33.3 Å². The Morgan fingerprint density at radius 2 is 0.543 bits per heavy atom. The van der Waals surface area contributed by atoms with E-state index in [1.165, 1.54) is 231 Å². The Morgan fingerprint density at radius 1 is 0.295 bits per heavy atom.